The fraction of sp³-hybridized carbons (Fsp3) is 0.875. The van der Waals surface area contributed by atoms with Crippen LogP contribution in [0.3, 0.4) is 0 Å². The molecule has 1 fully saturated rings. The number of aliphatic hydroxyl groups excluding tert-OH is 1. The number of hydrogen-bond donors (Lipinski definition) is 1. The van der Waals surface area contributed by atoms with Crippen LogP contribution < -0.4 is 0 Å². The molecule has 64 valence electrons. The first-order chi connectivity index (χ1) is 5.16. The van der Waals surface area contributed by atoms with Gasteiger partial charge in [0.1, 0.15) is 0 Å². The molecule has 1 aliphatic rings. The summed E-state index contributed by atoms with van der Waals surface area (Å²) in [4.78, 5) is 10.9. The van der Waals surface area contributed by atoms with Crippen LogP contribution in [0, 0.1) is 11.8 Å². The molecule has 0 aromatic carbocycles. The summed E-state index contributed by atoms with van der Waals surface area (Å²) < 4.78 is 4.87. The number of esters is 1. The lowest BCUT2D eigenvalue weighted by atomic mass is 9.89. The zero-order chi connectivity index (χ0) is 8.43. The molecule has 3 nitrogen and oxygen atoms in total. The van der Waals surface area contributed by atoms with E-state index in [2.05, 4.69) is 0 Å². The Labute approximate surface area is 66.4 Å². The second-order valence-electron chi connectivity index (χ2n) is 3.08. The minimum atomic E-state index is -0.513. The second kappa shape index (κ2) is 3.22. The minimum absolute atomic E-state index is 0.127. The van der Waals surface area contributed by atoms with Gasteiger partial charge in [-0.05, 0) is 13.3 Å². The van der Waals surface area contributed by atoms with Crippen molar-refractivity contribution < 1.29 is 14.6 Å². The Bertz CT molecular complexity index is 155. The molecule has 3 heteroatoms. The van der Waals surface area contributed by atoms with Crippen LogP contribution in [-0.2, 0) is 9.53 Å². The smallest absolute Gasteiger partial charge is 0.311 e. The highest BCUT2D eigenvalue weighted by Crippen LogP contribution is 2.23. The van der Waals surface area contributed by atoms with Gasteiger partial charge in [-0.25, -0.2) is 0 Å². The first-order valence-corrected chi connectivity index (χ1v) is 4.01. The molecule has 0 aromatic rings. The zero-order valence-electron chi connectivity index (χ0n) is 6.91. The molecule has 1 heterocycles. The van der Waals surface area contributed by atoms with E-state index in [0.717, 1.165) is 6.42 Å². The third-order valence-electron chi connectivity index (χ3n) is 2.33. The van der Waals surface area contributed by atoms with Crippen LogP contribution in [0.15, 0.2) is 0 Å². The van der Waals surface area contributed by atoms with Crippen LogP contribution in [0.5, 0.6) is 0 Å². The third kappa shape index (κ3) is 1.53. The Morgan fingerprint density at radius 2 is 2.36 bits per heavy atom. The van der Waals surface area contributed by atoms with E-state index in [9.17, 15) is 9.90 Å². The molecule has 1 aliphatic heterocycles. The highest BCUT2D eigenvalue weighted by molar-refractivity contribution is 5.73. The lowest BCUT2D eigenvalue weighted by Crippen LogP contribution is -2.41. The lowest BCUT2D eigenvalue weighted by molar-refractivity contribution is -0.165. The van der Waals surface area contributed by atoms with E-state index in [4.69, 9.17) is 4.74 Å². The van der Waals surface area contributed by atoms with Gasteiger partial charge in [-0.2, -0.15) is 0 Å². The molecular weight excluding hydrogens is 144 g/mol. The number of carbonyl (C=O) groups excluding carboxylic acids is 1. The maximum atomic E-state index is 10.9. The summed E-state index contributed by atoms with van der Waals surface area (Å²) in [6.45, 7) is 4.06. The maximum Gasteiger partial charge on any atom is 0.311 e. The van der Waals surface area contributed by atoms with Crippen LogP contribution in [-0.4, -0.2) is 23.8 Å². The van der Waals surface area contributed by atoms with Crippen molar-refractivity contribution in [1.82, 2.24) is 0 Å². The normalized spacial score (nSPS) is 38.5. The molecule has 1 rings (SSSR count). The van der Waals surface area contributed by atoms with Gasteiger partial charge in [0.05, 0.1) is 18.6 Å². The topological polar surface area (TPSA) is 46.5 Å². The molecule has 0 aromatic heterocycles. The molecule has 3 unspecified atom stereocenters. The molecule has 0 spiro atoms. The van der Waals surface area contributed by atoms with Crippen LogP contribution >= 0.6 is 0 Å². The average molecular weight is 158 g/mol. The molecule has 11 heavy (non-hydrogen) atoms. The van der Waals surface area contributed by atoms with E-state index in [1.165, 1.54) is 0 Å². The standard InChI is InChI=1S/C8H14O3/c1-3-6-4-11-8(10)5(2)7(6)9/h5-7,9H,3-4H2,1-2H3. The van der Waals surface area contributed by atoms with Crippen molar-refractivity contribution in [2.24, 2.45) is 11.8 Å². The predicted molar refractivity (Wildman–Crippen MR) is 39.9 cm³/mol. The van der Waals surface area contributed by atoms with Crippen LogP contribution in [0.25, 0.3) is 0 Å². The summed E-state index contributed by atoms with van der Waals surface area (Å²) in [5, 5.41) is 9.51. The summed E-state index contributed by atoms with van der Waals surface area (Å²) in [6, 6.07) is 0. The monoisotopic (exact) mass is 158 g/mol. The number of ether oxygens (including phenoxy) is 1. The SMILES string of the molecule is CCC1COC(=O)C(C)C1O. The molecule has 0 bridgehead atoms. The average Bonchev–Trinajstić information content (AvgIpc) is 2.01. The summed E-state index contributed by atoms with van der Waals surface area (Å²) in [5.74, 6) is -0.501. The molecule has 0 saturated carbocycles. The fourth-order valence-corrected chi connectivity index (χ4v) is 1.33. The van der Waals surface area contributed by atoms with Gasteiger partial charge >= 0.3 is 5.97 Å². The summed E-state index contributed by atoms with van der Waals surface area (Å²) in [5.41, 5.74) is 0. The van der Waals surface area contributed by atoms with E-state index in [-0.39, 0.29) is 17.8 Å². The highest BCUT2D eigenvalue weighted by Gasteiger charge is 2.34. The van der Waals surface area contributed by atoms with Crippen molar-refractivity contribution in [1.29, 1.82) is 0 Å². The van der Waals surface area contributed by atoms with E-state index in [0.29, 0.717) is 6.61 Å². The number of cyclic esters (lactones) is 1. The van der Waals surface area contributed by atoms with Gasteiger partial charge in [-0.3, -0.25) is 4.79 Å². The van der Waals surface area contributed by atoms with Gasteiger partial charge in [0.25, 0.3) is 0 Å². The van der Waals surface area contributed by atoms with Crippen LogP contribution in [0.4, 0.5) is 0 Å². The van der Waals surface area contributed by atoms with Crippen LogP contribution in [0.1, 0.15) is 20.3 Å². The maximum absolute atomic E-state index is 10.9. The molecule has 0 aliphatic carbocycles. The molecule has 0 amide bonds. The Balaban J connectivity index is 2.59. The summed E-state index contributed by atoms with van der Waals surface area (Å²) in [6.07, 6.45) is 0.347. The number of carbonyl (C=O) groups is 1. The third-order valence-corrected chi connectivity index (χ3v) is 2.33. The highest BCUT2D eigenvalue weighted by atomic mass is 16.5. The van der Waals surface area contributed by atoms with Gasteiger partial charge in [0.15, 0.2) is 0 Å². The number of aliphatic hydroxyl groups is 1. The fourth-order valence-electron chi connectivity index (χ4n) is 1.33. The Morgan fingerprint density at radius 3 is 2.91 bits per heavy atom. The molecular formula is C8H14O3. The van der Waals surface area contributed by atoms with Crippen LogP contribution in [0.2, 0.25) is 0 Å². The van der Waals surface area contributed by atoms with Gasteiger partial charge in [0.2, 0.25) is 0 Å². The largest absolute Gasteiger partial charge is 0.465 e. The van der Waals surface area contributed by atoms with Crippen molar-refractivity contribution in [3.63, 3.8) is 0 Å². The van der Waals surface area contributed by atoms with Gasteiger partial charge in [0, 0.05) is 5.92 Å². The zero-order valence-corrected chi connectivity index (χ0v) is 6.91. The Hall–Kier alpha value is -0.570. The number of rotatable bonds is 1. The molecule has 0 radical (unpaired) electrons. The van der Waals surface area contributed by atoms with Crippen molar-refractivity contribution in [3.05, 3.63) is 0 Å². The van der Waals surface area contributed by atoms with Gasteiger partial charge < -0.3 is 9.84 Å². The van der Waals surface area contributed by atoms with Crippen molar-refractivity contribution in [3.8, 4) is 0 Å². The molecule has 3 atom stereocenters. The quantitative estimate of drug-likeness (QED) is 0.567. The van der Waals surface area contributed by atoms with Crippen molar-refractivity contribution in [2.75, 3.05) is 6.61 Å². The summed E-state index contributed by atoms with van der Waals surface area (Å²) >= 11 is 0. The van der Waals surface area contributed by atoms with E-state index in [1.807, 2.05) is 6.92 Å². The minimum Gasteiger partial charge on any atom is -0.465 e. The Morgan fingerprint density at radius 1 is 1.73 bits per heavy atom. The Kier molecular flexibility index (Phi) is 2.49. The second-order valence-corrected chi connectivity index (χ2v) is 3.08. The predicted octanol–water partition coefficient (Wildman–Crippen LogP) is 0.566. The van der Waals surface area contributed by atoms with Gasteiger partial charge in [-0.1, -0.05) is 6.92 Å². The first kappa shape index (κ1) is 8.53. The van der Waals surface area contributed by atoms with Gasteiger partial charge in [-0.15, -0.1) is 0 Å². The summed E-state index contributed by atoms with van der Waals surface area (Å²) in [7, 11) is 0. The lowest BCUT2D eigenvalue weighted by Gasteiger charge is -2.30. The van der Waals surface area contributed by atoms with Crippen molar-refractivity contribution in [2.45, 2.75) is 26.4 Å². The number of hydrogen-bond acceptors (Lipinski definition) is 3. The van der Waals surface area contributed by atoms with E-state index < -0.39 is 6.10 Å². The molecule has 1 N–H and O–H groups in total. The molecule has 1 saturated heterocycles. The van der Waals surface area contributed by atoms with Crippen molar-refractivity contribution >= 4 is 5.97 Å². The van der Waals surface area contributed by atoms with E-state index in [1.54, 1.807) is 6.92 Å². The first-order valence-electron chi connectivity index (χ1n) is 4.01. The van der Waals surface area contributed by atoms with E-state index >= 15 is 0 Å².